The molecule has 0 amide bonds. The number of carbonyl (C=O) groups is 1. The van der Waals surface area contributed by atoms with E-state index in [0.717, 1.165) is 0 Å². The first-order valence-electron chi connectivity index (χ1n) is 4.36. The van der Waals surface area contributed by atoms with E-state index >= 15 is 0 Å². The molecule has 0 atom stereocenters. The Morgan fingerprint density at radius 2 is 2.13 bits per heavy atom. The zero-order valence-corrected chi connectivity index (χ0v) is 8.31. The first-order chi connectivity index (χ1) is 6.88. The Kier molecular flexibility index (Phi) is 3.16. The van der Waals surface area contributed by atoms with Crippen molar-refractivity contribution >= 4 is 11.7 Å². The molecule has 0 aromatic rings. The monoisotopic (exact) mass is 221 g/mol. The summed E-state index contributed by atoms with van der Waals surface area (Å²) in [5.41, 5.74) is -1.27. The summed E-state index contributed by atoms with van der Waals surface area (Å²) in [5.74, 6) is -0.955. The Morgan fingerprint density at radius 3 is 2.60 bits per heavy atom. The van der Waals surface area contributed by atoms with Crippen LogP contribution in [0.25, 0.3) is 0 Å². The molecule has 6 heteroatoms. The van der Waals surface area contributed by atoms with E-state index in [-0.39, 0.29) is 13.2 Å². The van der Waals surface area contributed by atoms with Gasteiger partial charge in [0.1, 0.15) is 0 Å². The molecule has 0 unspecified atom stereocenters. The molecular weight excluding hydrogens is 211 g/mol. The molecule has 15 heavy (non-hydrogen) atoms. The van der Waals surface area contributed by atoms with Crippen molar-refractivity contribution in [2.24, 2.45) is 4.99 Å². The number of ether oxygens (including phenoxy) is 1. The SMILES string of the molecule is CCOC(=O)C1=C(C)CN=C1C(F)(F)F. The van der Waals surface area contributed by atoms with E-state index in [1.54, 1.807) is 0 Å². The van der Waals surface area contributed by atoms with Crippen LogP contribution in [0.4, 0.5) is 13.2 Å². The Labute approximate surface area is 84.6 Å². The van der Waals surface area contributed by atoms with Gasteiger partial charge in [0.15, 0.2) is 5.71 Å². The van der Waals surface area contributed by atoms with E-state index in [2.05, 4.69) is 9.73 Å². The maximum Gasteiger partial charge on any atom is 0.433 e. The number of halogens is 3. The van der Waals surface area contributed by atoms with Crippen LogP contribution in [-0.4, -0.2) is 31.0 Å². The van der Waals surface area contributed by atoms with Crippen LogP contribution >= 0.6 is 0 Å². The lowest BCUT2D eigenvalue weighted by molar-refractivity contribution is -0.138. The van der Waals surface area contributed by atoms with Crippen molar-refractivity contribution in [3.63, 3.8) is 0 Å². The van der Waals surface area contributed by atoms with Gasteiger partial charge in [-0.1, -0.05) is 0 Å². The summed E-state index contributed by atoms with van der Waals surface area (Å²) in [5, 5.41) is 0. The summed E-state index contributed by atoms with van der Waals surface area (Å²) >= 11 is 0. The Morgan fingerprint density at radius 1 is 1.53 bits per heavy atom. The summed E-state index contributed by atoms with van der Waals surface area (Å²) in [6, 6.07) is 0. The average Bonchev–Trinajstić information content (AvgIpc) is 2.46. The molecule has 0 saturated carbocycles. The van der Waals surface area contributed by atoms with Gasteiger partial charge in [0, 0.05) is 0 Å². The molecular formula is C9H10F3NO2. The number of hydrogen-bond donors (Lipinski definition) is 0. The first-order valence-corrected chi connectivity index (χ1v) is 4.36. The largest absolute Gasteiger partial charge is 0.462 e. The van der Waals surface area contributed by atoms with Crippen LogP contribution in [0.3, 0.4) is 0 Å². The van der Waals surface area contributed by atoms with E-state index < -0.39 is 23.4 Å². The van der Waals surface area contributed by atoms with Crippen molar-refractivity contribution in [2.75, 3.05) is 13.2 Å². The zero-order chi connectivity index (χ0) is 11.6. The first kappa shape index (κ1) is 11.7. The van der Waals surface area contributed by atoms with Crippen LogP contribution in [0.1, 0.15) is 13.8 Å². The lowest BCUT2D eigenvalue weighted by atomic mass is 10.1. The number of esters is 1. The molecule has 0 bridgehead atoms. The Bertz CT molecular complexity index is 342. The summed E-state index contributed by atoms with van der Waals surface area (Å²) in [4.78, 5) is 14.5. The molecule has 1 rings (SSSR count). The topological polar surface area (TPSA) is 38.7 Å². The molecule has 0 aliphatic carbocycles. The number of alkyl halides is 3. The van der Waals surface area contributed by atoms with Crippen molar-refractivity contribution in [1.82, 2.24) is 0 Å². The minimum absolute atomic E-state index is 0.0424. The lowest BCUT2D eigenvalue weighted by Gasteiger charge is -2.10. The highest BCUT2D eigenvalue weighted by Gasteiger charge is 2.43. The van der Waals surface area contributed by atoms with E-state index in [9.17, 15) is 18.0 Å². The van der Waals surface area contributed by atoms with Gasteiger partial charge < -0.3 is 4.74 Å². The number of nitrogens with zero attached hydrogens (tertiary/aromatic N) is 1. The predicted octanol–water partition coefficient (Wildman–Crippen LogP) is 1.88. The van der Waals surface area contributed by atoms with Gasteiger partial charge in [-0.2, -0.15) is 13.2 Å². The summed E-state index contributed by atoms with van der Waals surface area (Å²) in [6.07, 6.45) is -4.60. The van der Waals surface area contributed by atoms with Gasteiger partial charge in [-0.15, -0.1) is 0 Å². The second-order valence-corrected chi connectivity index (χ2v) is 3.04. The fraction of sp³-hybridized carbons (Fsp3) is 0.556. The van der Waals surface area contributed by atoms with E-state index in [1.807, 2.05) is 0 Å². The van der Waals surface area contributed by atoms with Crippen LogP contribution in [0.5, 0.6) is 0 Å². The molecule has 0 radical (unpaired) electrons. The third-order valence-corrected chi connectivity index (χ3v) is 1.89. The standard InChI is InChI=1S/C9H10F3NO2/c1-3-15-8(14)6-5(2)4-13-7(6)9(10,11)12/h3-4H2,1-2H3. The second kappa shape index (κ2) is 4.04. The minimum Gasteiger partial charge on any atom is -0.462 e. The second-order valence-electron chi connectivity index (χ2n) is 3.04. The highest BCUT2D eigenvalue weighted by Crippen LogP contribution is 2.28. The smallest absolute Gasteiger partial charge is 0.433 e. The maximum absolute atomic E-state index is 12.4. The third kappa shape index (κ3) is 2.37. The molecule has 3 nitrogen and oxygen atoms in total. The summed E-state index contributed by atoms with van der Waals surface area (Å²) in [7, 11) is 0. The van der Waals surface area contributed by atoms with E-state index in [4.69, 9.17) is 0 Å². The number of hydrogen-bond acceptors (Lipinski definition) is 3. The molecule has 1 aliphatic rings. The molecule has 1 aliphatic heterocycles. The maximum atomic E-state index is 12.4. The fourth-order valence-electron chi connectivity index (χ4n) is 1.26. The normalized spacial score (nSPS) is 16.7. The van der Waals surface area contributed by atoms with Crippen molar-refractivity contribution in [1.29, 1.82) is 0 Å². The quantitative estimate of drug-likeness (QED) is 0.668. The summed E-state index contributed by atoms with van der Waals surface area (Å²) < 4.78 is 41.8. The van der Waals surface area contributed by atoms with Crippen molar-refractivity contribution in [3.8, 4) is 0 Å². The Hall–Kier alpha value is -1.33. The molecule has 84 valence electrons. The lowest BCUT2D eigenvalue weighted by Crippen LogP contribution is -2.28. The van der Waals surface area contributed by atoms with Crippen LogP contribution < -0.4 is 0 Å². The van der Waals surface area contributed by atoms with E-state index in [1.165, 1.54) is 13.8 Å². The van der Waals surface area contributed by atoms with Gasteiger partial charge >= 0.3 is 12.1 Å². The number of carbonyl (C=O) groups excluding carboxylic acids is 1. The fourth-order valence-corrected chi connectivity index (χ4v) is 1.26. The molecule has 0 N–H and O–H groups in total. The van der Waals surface area contributed by atoms with Crippen molar-refractivity contribution < 1.29 is 22.7 Å². The summed E-state index contributed by atoms with van der Waals surface area (Å²) in [6.45, 7) is 2.92. The average molecular weight is 221 g/mol. The highest BCUT2D eigenvalue weighted by molar-refractivity contribution is 6.23. The van der Waals surface area contributed by atoms with Crippen LogP contribution in [0.2, 0.25) is 0 Å². The molecule has 0 aromatic heterocycles. The van der Waals surface area contributed by atoms with E-state index in [0.29, 0.717) is 5.57 Å². The minimum atomic E-state index is -4.60. The van der Waals surface area contributed by atoms with Crippen LogP contribution in [-0.2, 0) is 9.53 Å². The number of aliphatic imine (C=N–C) groups is 1. The highest BCUT2D eigenvalue weighted by atomic mass is 19.4. The van der Waals surface area contributed by atoms with Gasteiger partial charge in [0.25, 0.3) is 0 Å². The number of rotatable bonds is 2. The molecule has 0 spiro atoms. The van der Waals surface area contributed by atoms with Gasteiger partial charge in [0.2, 0.25) is 0 Å². The molecule has 0 fully saturated rings. The van der Waals surface area contributed by atoms with Crippen LogP contribution in [0, 0.1) is 0 Å². The van der Waals surface area contributed by atoms with Gasteiger partial charge in [0.05, 0.1) is 18.7 Å². The Balaban J connectivity index is 3.00. The third-order valence-electron chi connectivity index (χ3n) is 1.89. The van der Waals surface area contributed by atoms with Crippen molar-refractivity contribution in [3.05, 3.63) is 11.1 Å². The van der Waals surface area contributed by atoms with Crippen LogP contribution in [0.15, 0.2) is 16.1 Å². The predicted molar refractivity (Wildman–Crippen MR) is 47.7 cm³/mol. The molecule has 1 heterocycles. The molecule has 0 saturated heterocycles. The van der Waals surface area contributed by atoms with Crippen molar-refractivity contribution in [2.45, 2.75) is 20.0 Å². The zero-order valence-electron chi connectivity index (χ0n) is 8.31. The van der Waals surface area contributed by atoms with Gasteiger partial charge in [-0.05, 0) is 19.4 Å². The molecule has 0 aromatic carbocycles. The van der Waals surface area contributed by atoms with Gasteiger partial charge in [-0.3, -0.25) is 4.99 Å². The van der Waals surface area contributed by atoms with Gasteiger partial charge in [-0.25, -0.2) is 4.79 Å².